The van der Waals surface area contributed by atoms with Gasteiger partial charge in [0.05, 0.1) is 11.9 Å². The van der Waals surface area contributed by atoms with E-state index >= 15 is 0 Å². The molecule has 0 unspecified atom stereocenters. The number of nitrogens with two attached hydrogens (primary N) is 2. The van der Waals surface area contributed by atoms with Crippen LogP contribution in [0.1, 0.15) is 16.8 Å². The van der Waals surface area contributed by atoms with Crippen molar-refractivity contribution in [2.45, 2.75) is 20.5 Å². The SMILES string of the molecule is Cc1cc(-c2nn(C)c(Cl)c2C)ccc1OCc1c(N(N)C(=O)N(C)N)cnn1C. The van der Waals surface area contributed by atoms with Crippen molar-refractivity contribution in [1.29, 1.82) is 0 Å². The van der Waals surface area contributed by atoms with Crippen molar-refractivity contribution in [3.8, 4) is 17.0 Å². The van der Waals surface area contributed by atoms with Gasteiger partial charge in [-0.05, 0) is 37.6 Å². The van der Waals surface area contributed by atoms with Gasteiger partial charge >= 0.3 is 6.03 Å². The maximum atomic E-state index is 12.1. The van der Waals surface area contributed by atoms with Crippen molar-refractivity contribution in [2.24, 2.45) is 25.8 Å². The van der Waals surface area contributed by atoms with Gasteiger partial charge in [-0.15, -0.1) is 0 Å². The summed E-state index contributed by atoms with van der Waals surface area (Å²) in [4.78, 5) is 12.1. The molecule has 0 saturated heterocycles. The molecule has 0 aliphatic heterocycles. The lowest BCUT2D eigenvalue weighted by molar-refractivity contribution is 0.216. The van der Waals surface area contributed by atoms with Crippen LogP contribution in [0.15, 0.2) is 24.4 Å². The second kappa shape index (κ2) is 8.34. The molecule has 1 aromatic carbocycles. The maximum Gasteiger partial charge on any atom is 0.352 e. The molecule has 0 spiro atoms. The molecule has 160 valence electrons. The van der Waals surface area contributed by atoms with E-state index in [4.69, 9.17) is 28.0 Å². The Morgan fingerprint density at radius 3 is 2.50 bits per heavy atom. The van der Waals surface area contributed by atoms with Crippen LogP contribution >= 0.6 is 11.6 Å². The summed E-state index contributed by atoms with van der Waals surface area (Å²) < 4.78 is 9.24. The van der Waals surface area contributed by atoms with Crippen molar-refractivity contribution < 1.29 is 9.53 Å². The maximum absolute atomic E-state index is 12.1. The predicted octanol–water partition coefficient (Wildman–Crippen LogP) is 2.28. The van der Waals surface area contributed by atoms with E-state index in [0.29, 0.717) is 22.3 Å². The molecule has 3 aromatic rings. The van der Waals surface area contributed by atoms with Crippen LogP contribution in [0.4, 0.5) is 10.5 Å². The Balaban J connectivity index is 1.81. The fraction of sp³-hybridized carbons (Fsp3) is 0.316. The monoisotopic (exact) mass is 432 g/mol. The molecular formula is C19H25ClN8O2. The normalized spacial score (nSPS) is 10.9. The Hall–Kier alpha value is -3.08. The molecular weight excluding hydrogens is 408 g/mol. The van der Waals surface area contributed by atoms with E-state index in [2.05, 4.69) is 10.2 Å². The first-order chi connectivity index (χ1) is 14.1. The molecule has 0 aliphatic carbocycles. The number of hydrogen-bond donors (Lipinski definition) is 2. The minimum absolute atomic E-state index is 0.162. The molecule has 2 aromatic heterocycles. The van der Waals surface area contributed by atoms with Crippen molar-refractivity contribution in [1.82, 2.24) is 24.6 Å². The molecule has 0 fully saturated rings. The molecule has 0 atom stereocenters. The zero-order valence-electron chi connectivity index (χ0n) is 17.5. The van der Waals surface area contributed by atoms with Gasteiger partial charge in [0.2, 0.25) is 0 Å². The number of amides is 2. The number of carbonyl (C=O) groups is 1. The quantitative estimate of drug-likeness (QED) is 0.362. The Kier molecular flexibility index (Phi) is 6.01. The number of aryl methyl sites for hydroxylation is 3. The minimum Gasteiger partial charge on any atom is -0.487 e. The number of benzene rings is 1. The lowest BCUT2D eigenvalue weighted by atomic mass is 10.1. The van der Waals surface area contributed by atoms with Gasteiger partial charge < -0.3 is 4.74 Å². The molecule has 4 N–H and O–H groups in total. The van der Waals surface area contributed by atoms with Gasteiger partial charge in [0.25, 0.3) is 0 Å². The van der Waals surface area contributed by atoms with Gasteiger partial charge in [-0.1, -0.05) is 11.6 Å². The number of hydrazine groups is 2. The van der Waals surface area contributed by atoms with E-state index in [9.17, 15) is 4.79 Å². The van der Waals surface area contributed by atoms with Gasteiger partial charge in [-0.3, -0.25) is 14.4 Å². The zero-order valence-corrected chi connectivity index (χ0v) is 18.3. The Morgan fingerprint density at radius 1 is 1.23 bits per heavy atom. The number of hydrogen-bond acceptors (Lipinski definition) is 6. The summed E-state index contributed by atoms with van der Waals surface area (Å²) in [5, 5.41) is 11.1. The van der Waals surface area contributed by atoms with Crippen LogP contribution in [0, 0.1) is 13.8 Å². The number of halogens is 1. The van der Waals surface area contributed by atoms with Crippen molar-refractivity contribution in [3.63, 3.8) is 0 Å². The predicted molar refractivity (Wildman–Crippen MR) is 115 cm³/mol. The van der Waals surface area contributed by atoms with Crippen molar-refractivity contribution in [2.75, 3.05) is 12.1 Å². The molecule has 0 saturated carbocycles. The average molecular weight is 433 g/mol. The number of nitrogens with zero attached hydrogens (tertiary/aromatic N) is 6. The molecule has 3 rings (SSSR count). The largest absolute Gasteiger partial charge is 0.487 e. The minimum atomic E-state index is -0.575. The van der Waals surface area contributed by atoms with E-state index in [1.165, 1.54) is 13.2 Å². The molecule has 0 radical (unpaired) electrons. The zero-order chi connectivity index (χ0) is 22.2. The fourth-order valence-electron chi connectivity index (χ4n) is 3.08. The highest BCUT2D eigenvalue weighted by molar-refractivity contribution is 6.30. The number of rotatable bonds is 5. The van der Waals surface area contributed by atoms with E-state index in [1.807, 2.05) is 39.1 Å². The molecule has 2 amide bonds. The summed E-state index contributed by atoms with van der Waals surface area (Å²) >= 11 is 6.24. The smallest absolute Gasteiger partial charge is 0.352 e. The van der Waals surface area contributed by atoms with Crippen molar-refractivity contribution in [3.05, 3.63) is 46.4 Å². The molecule has 0 bridgehead atoms. The lowest BCUT2D eigenvalue weighted by Crippen LogP contribution is -2.48. The Bertz CT molecular complexity index is 1090. The summed E-state index contributed by atoms with van der Waals surface area (Å²) in [6.45, 7) is 4.05. The number of aromatic nitrogens is 4. The molecule has 0 aliphatic rings. The number of anilines is 1. The lowest BCUT2D eigenvalue weighted by Gasteiger charge is -2.21. The van der Waals surface area contributed by atoms with Crippen LogP contribution in [0.2, 0.25) is 5.15 Å². The third-order valence-electron chi connectivity index (χ3n) is 4.82. The summed E-state index contributed by atoms with van der Waals surface area (Å²) in [6, 6.07) is 5.23. The fourth-order valence-corrected chi connectivity index (χ4v) is 3.21. The second-order valence-corrected chi connectivity index (χ2v) is 7.38. The van der Waals surface area contributed by atoms with E-state index < -0.39 is 6.03 Å². The third-order valence-corrected chi connectivity index (χ3v) is 5.35. The van der Waals surface area contributed by atoms with Crippen LogP contribution in [-0.2, 0) is 20.7 Å². The third kappa shape index (κ3) is 3.97. The van der Waals surface area contributed by atoms with Crippen molar-refractivity contribution >= 4 is 23.3 Å². The molecule has 30 heavy (non-hydrogen) atoms. The van der Waals surface area contributed by atoms with Crippen LogP contribution in [0.25, 0.3) is 11.3 Å². The molecule has 11 heteroatoms. The van der Waals surface area contributed by atoms with E-state index in [1.54, 1.807) is 16.4 Å². The van der Waals surface area contributed by atoms with Crippen LogP contribution in [0.5, 0.6) is 5.75 Å². The first-order valence-corrected chi connectivity index (χ1v) is 9.50. The van der Waals surface area contributed by atoms with Crippen LogP contribution in [-0.4, -0.2) is 37.6 Å². The average Bonchev–Trinajstić information content (AvgIpc) is 3.20. The van der Waals surface area contributed by atoms with Crippen LogP contribution in [0.3, 0.4) is 0 Å². The highest BCUT2D eigenvalue weighted by Crippen LogP contribution is 2.31. The summed E-state index contributed by atoms with van der Waals surface area (Å²) in [7, 11) is 4.97. The summed E-state index contributed by atoms with van der Waals surface area (Å²) in [5.41, 5.74) is 4.67. The number of ether oxygens (including phenoxy) is 1. The topological polar surface area (TPSA) is 120 Å². The van der Waals surface area contributed by atoms with Gasteiger partial charge in [0.15, 0.2) is 0 Å². The van der Waals surface area contributed by atoms with Gasteiger partial charge in [0.1, 0.15) is 28.9 Å². The van der Waals surface area contributed by atoms with E-state index in [-0.39, 0.29) is 6.61 Å². The van der Waals surface area contributed by atoms with E-state index in [0.717, 1.165) is 32.4 Å². The van der Waals surface area contributed by atoms with Gasteiger partial charge in [-0.25, -0.2) is 21.5 Å². The standard InChI is InChI=1S/C19H25ClN8O2/c1-11-8-13(17-12(2)18(20)27(5)24-17)6-7-16(11)30-10-15-14(9-23-26(15)4)28(22)19(29)25(3)21/h6-9H,10,21-22H2,1-5H3. The van der Waals surface area contributed by atoms with Gasteiger partial charge in [0, 0.05) is 32.3 Å². The molecule has 10 nitrogen and oxygen atoms in total. The summed E-state index contributed by atoms with van der Waals surface area (Å²) in [6.07, 6.45) is 1.49. The van der Waals surface area contributed by atoms with Gasteiger partial charge in [-0.2, -0.15) is 10.2 Å². The first-order valence-electron chi connectivity index (χ1n) is 9.12. The highest BCUT2D eigenvalue weighted by Gasteiger charge is 2.21. The second-order valence-electron chi connectivity index (χ2n) is 7.02. The first kappa shape index (κ1) is 21.6. The number of carbonyl (C=O) groups excluding carboxylic acids is 1. The Morgan fingerprint density at radius 2 is 1.93 bits per heavy atom. The molecule has 2 heterocycles. The summed E-state index contributed by atoms with van der Waals surface area (Å²) in [5.74, 6) is 12.1. The number of urea groups is 1. The van der Waals surface area contributed by atoms with Crippen LogP contribution < -0.4 is 21.4 Å². The highest BCUT2D eigenvalue weighted by atomic mass is 35.5. The Labute approximate surface area is 179 Å².